The zero-order valence-electron chi connectivity index (χ0n) is 19.0. The van der Waals surface area contributed by atoms with Gasteiger partial charge in [0.15, 0.2) is 11.7 Å². The number of amides is 1. The van der Waals surface area contributed by atoms with E-state index in [4.69, 9.17) is 11.5 Å². The van der Waals surface area contributed by atoms with Crippen molar-refractivity contribution in [1.29, 1.82) is 0 Å². The van der Waals surface area contributed by atoms with Crippen LogP contribution in [0.25, 0.3) is 0 Å². The molecule has 6 nitrogen and oxygen atoms in total. The van der Waals surface area contributed by atoms with Crippen LogP contribution in [0.4, 0.5) is 0 Å². The van der Waals surface area contributed by atoms with Crippen molar-refractivity contribution in [2.24, 2.45) is 16.5 Å². The summed E-state index contributed by atoms with van der Waals surface area (Å²) >= 11 is 0. The third-order valence-corrected chi connectivity index (χ3v) is 5.17. The Morgan fingerprint density at radius 3 is 1.83 bits per heavy atom. The zero-order valence-corrected chi connectivity index (χ0v) is 19.0. The fourth-order valence-electron chi connectivity index (χ4n) is 3.45. The molecular formula is C23H46N4O2. The SMILES string of the molecule is CCCCCCCCCCCCCC(=O)NC(CCCN=C(N)N)C(=O)CCC. The molecule has 0 bridgehead atoms. The minimum atomic E-state index is -0.413. The molecule has 29 heavy (non-hydrogen) atoms. The summed E-state index contributed by atoms with van der Waals surface area (Å²) in [7, 11) is 0. The van der Waals surface area contributed by atoms with Crippen LogP contribution >= 0.6 is 0 Å². The lowest BCUT2D eigenvalue weighted by molar-refractivity contribution is -0.128. The first-order valence-electron chi connectivity index (χ1n) is 11.9. The number of nitrogens with zero attached hydrogens (tertiary/aromatic N) is 1. The Hall–Kier alpha value is -1.59. The fourth-order valence-corrected chi connectivity index (χ4v) is 3.45. The van der Waals surface area contributed by atoms with Crippen molar-refractivity contribution in [2.45, 2.75) is 123 Å². The molecule has 1 amide bonds. The van der Waals surface area contributed by atoms with Gasteiger partial charge in [0.1, 0.15) is 0 Å². The van der Waals surface area contributed by atoms with Crippen molar-refractivity contribution in [3.8, 4) is 0 Å². The fraction of sp³-hybridized carbons (Fsp3) is 0.870. The smallest absolute Gasteiger partial charge is 0.220 e. The minimum absolute atomic E-state index is 0.0165. The molecule has 0 aromatic heterocycles. The van der Waals surface area contributed by atoms with Crippen LogP contribution in [0.15, 0.2) is 4.99 Å². The summed E-state index contributed by atoms with van der Waals surface area (Å²) in [5.74, 6) is 0.142. The van der Waals surface area contributed by atoms with Gasteiger partial charge in [0.2, 0.25) is 5.91 Å². The molecule has 0 aliphatic rings. The topological polar surface area (TPSA) is 111 Å². The molecule has 6 heteroatoms. The lowest BCUT2D eigenvalue weighted by Crippen LogP contribution is -2.40. The molecule has 0 aromatic rings. The van der Waals surface area contributed by atoms with Crippen molar-refractivity contribution in [1.82, 2.24) is 5.32 Å². The van der Waals surface area contributed by atoms with Gasteiger partial charge in [-0.1, -0.05) is 78.1 Å². The van der Waals surface area contributed by atoms with Crippen molar-refractivity contribution in [3.05, 3.63) is 0 Å². The predicted octanol–water partition coefficient (Wildman–Crippen LogP) is 4.60. The monoisotopic (exact) mass is 410 g/mol. The van der Waals surface area contributed by atoms with E-state index in [1.807, 2.05) is 6.92 Å². The second kappa shape index (κ2) is 19.7. The number of aliphatic imine (C=N–C) groups is 1. The lowest BCUT2D eigenvalue weighted by Gasteiger charge is -2.17. The van der Waals surface area contributed by atoms with E-state index in [2.05, 4.69) is 17.2 Å². The molecule has 0 radical (unpaired) electrons. The van der Waals surface area contributed by atoms with Crippen LogP contribution in [0.3, 0.4) is 0 Å². The highest BCUT2D eigenvalue weighted by atomic mass is 16.2. The number of rotatable bonds is 20. The van der Waals surface area contributed by atoms with Crippen LogP contribution < -0.4 is 16.8 Å². The van der Waals surface area contributed by atoms with Gasteiger partial charge in [-0.05, 0) is 25.7 Å². The average Bonchev–Trinajstić information content (AvgIpc) is 2.68. The van der Waals surface area contributed by atoms with Crippen LogP contribution in [-0.2, 0) is 9.59 Å². The van der Waals surface area contributed by atoms with Crippen LogP contribution in [0.5, 0.6) is 0 Å². The third kappa shape index (κ3) is 18.2. The van der Waals surface area contributed by atoms with Crippen LogP contribution in [-0.4, -0.2) is 30.2 Å². The van der Waals surface area contributed by atoms with Gasteiger partial charge in [-0.15, -0.1) is 0 Å². The van der Waals surface area contributed by atoms with Gasteiger partial charge in [-0.25, -0.2) is 0 Å². The molecule has 0 saturated heterocycles. The van der Waals surface area contributed by atoms with E-state index >= 15 is 0 Å². The average molecular weight is 411 g/mol. The Morgan fingerprint density at radius 2 is 1.31 bits per heavy atom. The quantitative estimate of drug-likeness (QED) is 0.155. The van der Waals surface area contributed by atoms with Gasteiger partial charge in [-0.3, -0.25) is 14.6 Å². The van der Waals surface area contributed by atoms with Crippen molar-refractivity contribution >= 4 is 17.6 Å². The Bertz CT molecular complexity index is 448. The van der Waals surface area contributed by atoms with E-state index in [1.165, 1.54) is 57.8 Å². The summed E-state index contributed by atoms with van der Waals surface area (Å²) in [6.45, 7) is 4.70. The molecule has 1 atom stereocenters. The molecule has 0 spiro atoms. The molecule has 0 saturated carbocycles. The second-order valence-corrected chi connectivity index (χ2v) is 8.07. The Balaban J connectivity index is 3.89. The molecule has 0 heterocycles. The number of carbonyl (C=O) groups is 2. The van der Waals surface area contributed by atoms with Gasteiger partial charge < -0.3 is 16.8 Å². The Kier molecular flexibility index (Phi) is 18.6. The standard InChI is InChI=1S/C23H46N4O2/c1-3-5-6-7-8-9-10-11-12-13-14-18-22(29)27-20(21(28)16-4-2)17-15-19-26-23(24)25/h20H,3-19H2,1-2H3,(H,27,29)(H4,24,25,26). The second-order valence-electron chi connectivity index (χ2n) is 8.07. The maximum Gasteiger partial charge on any atom is 0.220 e. The van der Waals surface area contributed by atoms with Crippen LogP contribution in [0.1, 0.15) is 117 Å². The van der Waals surface area contributed by atoms with Gasteiger partial charge in [0.05, 0.1) is 6.04 Å². The summed E-state index contributed by atoms with van der Waals surface area (Å²) in [6.07, 6.45) is 16.9. The zero-order chi connectivity index (χ0) is 21.7. The maximum atomic E-state index is 12.3. The molecule has 5 N–H and O–H groups in total. The van der Waals surface area contributed by atoms with E-state index in [1.54, 1.807) is 0 Å². The molecule has 0 aliphatic heterocycles. The molecule has 0 rings (SSSR count). The number of Topliss-reactive ketones (excluding diaryl/α,β-unsaturated/α-hetero) is 1. The maximum absolute atomic E-state index is 12.3. The van der Waals surface area contributed by atoms with E-state index in [0.717, 1.165) is 19.3 Å². The number of nitrogens with two attached hydrogens (primary N) is 2. The summed E-state index contributed by atoms with van der Waals surface area (Å²) in [5.41, 5.74) is 10.6. The van der Waals surface area contributed by atoms with E-state index in [-0.39, 0.29) is 17.6 Å². The summed E-state index contributed by atoms with van der Waals surface area (Å²) in [4.78, 5) is 28.4. The molecule has 1 unspecified atom stereocenters. The number of unbranched alkanes of at least 4 members (excludes halogenated alkanes) is 10. The molecule has 0 aliphatic carbocycles. The Labute approximate surface area is 178 Å². The highest BCUT2D eigenvalue weighted by Gasteiger charge is 2.19. The first-order valence-corrected chi connectivity index (χ1v) is 11.9. The normalized spacial score (nSPS) is 11.8. The first kappa shape index (κ1) is 27.4. The number of ketones is 1. The number of hydrogen-bond donors (Lipinski definition) is 3. The number of hydrogen-bond acceptors (Lipinski definition) is 3. The van der Waals surface area contributed by atoms with Crippen molar-refractivity contribution in [3.63, 3.8) is 0 Å². The third-order valence-electron chi connectivity index (χ3n) is 5.17. The highest BCUT2D eigenvalue weighted by Crippen LogP contribution is 2.12. The summed E-state index contributed by atoms with van der Waals surface area (Å²) in [6, 6.07) is -0.413. The van der Waals surface area contributed by atoms with Crippen molar-refractivity contribution < 1.29 is 9.59 Å². The number of carbonyl (C=O) groups excluding carboxylic acids is 2. The van der Waals surface area contributed by atoms with Gasteiger partial charge >= 0.3 is 0 Å². The van der Waals surface area contributed by atoms with Crippen LogP contribution in [0.2, 0.25) is 0 Å². The summed E-state index contributed by atoms with van der Waals surface area (Å²) in [5, 5.41) is 2.93. The molecule has 0 aromatic carbocycles. The van der Waals surface area contributed by atoms with E-state index < -0.39 is 6.04 Å². The molecule has 170 valence electrons. The van der Waals surface area contributed by atoms with Crippen LogP contribution in [0, 0.1) is 0 Å². The number of guanidine groups is 1. The van der Waals surface area contributed by atoms with Gasteiger partial charge in [0, 0.05) is 19.4 Å². The Morgan fingerprint density at radius 1 is 0.759 bits per heavy atom. The lowest BCUT2D eigenvalue weighted by atomic mass is 10.0. The number of nitrogens with one attached hydrogen (secondary N) is 1. The first-order chi connectivity index (χ1) is 14.0. The predicted molar refractivity (Wildman–Crippen MR) is 123 cm³/mol. The van der Waals surface area contributed by atoms with Gasteiger partial charge in [-0.2, -0.15) is 0 Å². The van der Waals surface area contributed by atoms with Gasteiger partial charge in [0.25, 0.3) is 0 Å². The highest BCUT2D eigenvalue weighted by molar-refractivity contribution is 5.88. The van der Waals surface area contributed by atoms with Crippen molar-refractivity contribution in [2.75, 3.05) is 6.54 Å². The van der Waals surface area contributed by atoms with E-state index in [9.17, 15) is 9.59 Å². The molecule has 0 fully saturated rings. The minimum Gasteiger partial charge on any atom is -0.370 e. The van der Waals surface area contributed by atoms with E-state index in [0.29, 0.717) is 32.2 Å². The molecular weight excluding hydrogens is 364 g/mol. The largest absolute Gasteiger partial charge is 0.370 e. The summed E-state index contributed by atoms with van der Waals surface area (Å²) < 4.78 is 0.